The van der Waals surface area contributed by atoms with E-state index < -0.39 is 0 Å². The van der Waals surface area contributed by atoms with E-state index in [1.807, 2.05) is 0 Å². The van der Waals surface area contributed by atoms with Gasteiger partial charge in [0.25, 0.3) is 0 Å². The summed E-state index contributed by atoms with van der Waals surface area (Å²) in [6.07, 6.45) is 2.29. The maximum absolute atomic E-state index is 12.9. The molecule has 0 aliphatic carbocycles. The number of nitrogens with zero attached hydrogens (tertiary/aromatic N) is 4. The lowest BCUT2D eigenvalue weighted by Crippen LogP contribution is -2.21. The zero-order valence-corrected chi connectivity index (χ0v) is 12.2. The fourth-order valence-corrected chi connectivity index (χ4v) is 2.98. The van der Waals surface area contributed by atoms with Gasteiger partial charge in [0, 0.05) is 18.0 Å². The number of benzene rings is 1. The smallest absolute Gasteiger partial charge is 0.230 e. The molecule has 104 valence electrons. The fraction of sp³-hybridized carbons (Fsp3) is 0.308. The second kappa shape index (κ2) is 5.93. The highest BCUT2D eigenvalue weighted by molar-refractivity contribution is 7.99. The Bertz CT molecular complexity index is 602. The van der Waals surface area contributed by atoms with Gasteiger partial charge in [-0.1, -0.05) is 0 Å². The average molecular weight is 311 g/mol. The number of rotatable bonds is 3. The van der Waals surface area contributed by atoms with Gasteiger partial charge < -0.3 is 4.90 Å². The quantitative estimate of drug-likeness (QED) is 0.869. The van der Waals surface area contributed by atoms with Crippen LogP contribution < -0.4 is 4.90 Å². The van der Waals surface area contributed by atoms with Crippen molar-refractivity contribution in [2.75, 3.05) is 18.0 Å². The van der Waals surface area contributed by atoms with Crippen LogP contribution in [-0.4, -0.2) is 28.0 Å². The second-order valence-corrected chi connectivity index (χ2v) is 5.82. The molecule has 0 bridgehead atoms. The Morgan fingerprint density at radius 3 is 2.45 bits per heavy atom. The summed E-state index contributed by atoms with van der Waals surface area (Å²) >= 11 is 7.30. The van der Waals surface area contributed by atoms with Crippen LogP contribution >= 0.6 is 23.4 Å². The second-order valence-electron chi connectivity index (χ2n) is 4.44. The van der Waals surface area contributed by atoms with Crippen molar-refractivity contribution in [2.24, 2.45) is 0 Å². The molecular formula is C13H12ClFN4S. The van der Waals surface area contributed by atoms with Crippen LogP contribution in [-0.2, 0) is 0 Å². The summed E-state index contributed by atoms with van der Waals surface area (Å²) in [6.45, 7) is 1.89. The lowest BCUT2D eigenvalue weighted by atomic mass is 10.4. The van der Waals surface area contributed by atoms with Crippen LogP contribution in [0.15, 0.2) is 34.3 Å². The molecule has 0 radical (unpaired) electrons. The van der Waals surface area contributed by atoms with E-state index >= 15 is 0 Å². The predicted octanol–water partition coefficient (Wildman–Crippen LogP) is 3.42. The van der Waals surface area contributed by atoms with E-state index in [9.17, 15) is 4.39 Å². The normalized spacial score (nSPS) is 14.8. The monoisotopic (exact) mass is 310 g/mol. The number of hydrogen-bond acceptors (Lipinski definition) is 5. The van der Waals surface area contributed by atoms with E-state index in [2.05, 4.69) is 19.9 Å². The molecule has 0 amide bonds. The summed E-state index contributed by atoms with van der Waals surface area (Å²) in [4.78, 5) is 15.7. The Labute approximate surface area is 125 Å². The molecule has 1 aliphatic rings. The molecule has 0 N–H and O–H groups in total. The van der Waals surface area contributed by atoms with Gasteiger partial charge in [0.2, 0.25) is 11.2 Å². The number of hydrogen-bond donors (Lipinski definition) is 0. The molecule has 0 saturated carbocycles. The van der Waals surface area contributed by atoms with E-state index in [0.717, 1.165) is 30.8 Å². The first-order valence-corrected chi connectivity index (χ1v) is 7.50. The van der Waals surface area contributed by atoms with Crippen LogP contribution in [0.5, 0.6) is 0 Å². The number of anilines is 1. The Hall–Kier alpha value is -1.40. The fourth-order valence-electron chi connectivity index (χ4n) is 2.03. The number of halogens is 2. The van der Waals surface area contributed by atoms with Gasteiger partial charge in [0.05, 0.1) is 0 Å². The van der Waals surface area contributed by atoms with Gasteiger partial charge >= 0.3 is 0 Å². The van der Waals surface area contributed by atoms with Gasteiger partial charge in [-0.05, 0) is 60.5 Å². The van der Waals surface area contributed by atoms with E-state index in [1.165, 1.54) is 23.9 Å². The first kappa shape index (κ1) is 13.6. The molecule has 1 saturated heterocycles. The van der Waals surface area contributed by atoms with Crippen LogP contribution in [0.1, 0.15) is 12.8 Å². The van der Waals surface area contributed by atoms with Crippen molar-refractivity contribution in [3.8, 4) is 0 Å². The Morgan fingerprint density at radius 1 is 1.05 bits per heavy atom. The highest BCUT2D eigenvalue weighted by Gasteiger charge is 2.17. The summed E-state index contributed by atoms with van der Waals surface area (Å²) in [6, 6.07) is 6.19. The molecule has 0 spiro atoms. The van der Waals surface area contributed by atoms with Gasteiger partial charge in [0.15, 0.2) is 5.16 Å². The maximum atomic E-state index is 12.9. The molecular weight excluding hydrogens is 299 g/mol. The maximum Gasteiger partial charge on any atom is 0.230 e. The predicted molar refractivity (Wildman–Crippen MR) is 76.8 cm³/mol. The van der Waals surface area contributed by atoms with Gasteiger partial charge in [-0.3, -0.25) is 0 Å². The van der Waals surface area contributed by atoms with Crippen LogP contribution in [0.3, 0.4) is 0 Å². The highest BCUT2D eigenvalue weighted by Crippen LogP contribution is 2.27. The Morgan fingerprint density at radius 2 is 1.75 bits per heavy atom. The topological polar surface area (TPSA) is 41.9 Å². The molecule has 2 aromatic rings. The largest absolute Gasteiger partial charge is 0.341 e. The summed E-state index contributed by atoms with van der Waals surface area (Å²) in [7, 11) is 0. The number of aromatic nitrogens is 3. The molecule has 3 rings (SSSR count). The van der Waals surface area contributed by atoms with Crippen molar-refractivity contribution in [3.05, 3.63) is 35.4 Å². The van der Waals surface area contributed by atoms with Gasteiger partial charge in [-0.15, -0.1) is 0 Å². The van der Waals surface area contributed by atoms with Crippen LogP contribution in [0.2, 0.25) is 5.28 Å². The summed E-state index contributed by atoms with van der Waals surface area (Å²) in [5.74, 6) is 0.355. The van der Waals surface area contributed by atoms with Crippen molar-refractivity contribution >= 4 is 29.3 Å². The van der Waals surface area contributed by atoms with Crippen molar-refractivity contribution in [1.29, 1.82) is 0 Å². The van der Waals surface area contributed by atoms with Crippen molar-refractivity contribution in [2.45, 2.75) is 22.9 Å². The average Bonchev–Trinajstić information content (AvgIpc) is 2.95. The minimum absolute atomic E-state index is 0.187. The molecule has 2 heterocycles. The van der Waals surface area contributed by atoms with E-state index in [1.54, 1.807) is 12.1 Å². The van der Waals surface area contributed by atoms with Crippen LogP contribution in [0.25, 0.3) is 0 Å². The molecule has 1 fully saturated rings. The zero-order valence-electron chi connectivity index (χ0n) is 10.6. The van der Waals surface area contributed by atoms with Crippen LogP contribution in [0, 0.1) is 5.82 Å². The molecule has 7 heteroatoms. The summed E-state index contributed by atoms with van der Waals surface area (Å²) < 4.78 is 12.9. The van der Waals surface area contributed by atoms with Crippen molar-refractivity contribution < 1.29 is 4.39 Å². The van der Waals surface area contributed by atoms with Crippen molar-refractivity contribution in [3.63, 3.8) is 0 Å². The lowest BCUT2D eigenvalue weighted by Gasteiger charge is -2.15. The Balaban J connectivity index is 1.83. The SMILES string of the molecule is Fc1ccc(Sc2nc(Cl)nc(N3CCCC3)n2)cc1. The van der Waals surface area contributed by atoms with Crippen molar-refractivity contribution in [1.82, 2.24) is 15.0 Å². The first-order chi connectivity index (χ1) is 9.70. The minimum atomic E-state index is -0.263. The van der Waals surface area contributed by atoms with Gasteiger partial charge in [-0.2, -0.15) is 15.0 Å². The third-order valence-corrected chi connectivity index (χ3v) is 4.03. The van der Waals surface area contributed by atoms with Gasteiger partial charge in [-0.25, -0.2) is 4.39 Å². The lowest BCUT2D eigenvalue weighted by molar-refractivity contribution is 0.626. The van der Waals surface area contributed by atoms with E-state index in [0.29, 0.717) is 11.1 Å². The highest BCUT2D eigenvalue weighted by atomic mass is 35.5. The zero-order chi connectivity index (χ0) is 13.9. The minimum Gasteiger partial charge on any atom is -0.341 e. The molecule has 4 nitrogen and oxygen atoms in total. The molecule has 0 atom stereocenters. The molecule has 0 unspecified atom stereocenters. The van der Waals surface area contributed by atoms with E-state index in [4.69, 9.17) is 11.6 Å². The first-order valence-electron chi connectivity index (χ1n) is 6.31. The summed E-state index contributed by atoms with van der Waals surface area (Å²) in [5, 5.41) is 0.713. The standard InChI is InChI=1S/C13H12ClFN4S/c14-11-16-12(19-7-1-2-8-19)18-13(17-11)20-10-5-3-9(15)4-6-10/h3-6H,1-2,7-8H2. The van der Waals surface area contributed by atoms with Gasteiger partial charge in [0.1, 0.15) is 5.82 Å². The van der Waals surface area contributed by atoms with Crippen LogP contribution in [0.4, 0.5) is 10.3 Å². The molecule has 1 aromatic carbocycles. The summed E-state index contributed by atoms with van der Waals surface area (Å²) in [5.41, 5.74) is 0. The molecule has 1 aliphatic heterocycles. The molecule has 20 heavy (non-hydrogen) atoms. The van der Waals surface area contributed by atoms with E-state index in [-0.39, 0.29) is 11.1 Å². The third-order valence-electron chi connectivity index (χ3n) is 2.99. The Kier molecular flexibility index (Phi) is 4.03. The third kappa shape index (κ3) is 3.19. The molecule has 1 aromatic heterocycles.